The summed E-state index contributed by atoms with van der Waals surface area (Å²) in [4.78, 5) is 10.7. The number of nitrogens with one attached hydrogen (secondary N) is 1. The van der Waals surface area contributed by atoms with Crippen LogP contribution in [0.2, 0.25) is 0 Å². The zero-order valence-corrected chi connectivity index (χ0v) is 9.86. The Bertz CT molecular complexity index is 363. The van der Waals surface area contributed by atoms with Gasteiger partial charge in [0.1, 0.15) is 12.1 Å². The van der Waals surface area contributed by atoms with E-state index in [1.165, 1.54) is 12.1 Å². The fraction of sp³-hybridized carbons (Fsp3) is 0.500. The van der Waals surface area contributed by atoms with Crippen LogP contribution in [0.15, 0.2) is 24.3 Å². The third-order valence-corrected chi connectivity index (χ3v) is 3.38. The van der Waals surface area contributed by atoms with E-state index in [0.29, 0.717) is 6.04 Å². The van der Waals surface area contributed by atoms with E-state index in [1.54, 1.807) is 0 Å². The molecule has 1 saturated heterocycles. The van der Waals surface area contributed by atoms with E-state index in [2.05, 4.69) is 5.32 Å². The van der Waals surface area contributed by atoms with Gasteiger partial charge in [-0.3, -0.25) is 0 Å². The predicted molar refractivity (Wildman–Crippen MR) is 65.3 cm³/mol. The number of rotatable bonds is 4. The van der Waals surface area contributed by atoms with Crippen LogP contribution in [-0.4, -0.2) is 18.4 Å². The number of aryl methyl sites for hydroxylation is 1. The first-order valence-corrected chi connectivity index (χ1v) is 6.24. The first kappa shape index (κ1) is 12.2. The molecule has 92 valence electrons. The lowest BCUT2D eigenvalue weighted by Crippen LogP contribution is -2.43. The molecular formula is C14H18FNO. The molecule has 1 aromatic rings. The molecule has 2 nitrogen and oxygen atoms in total. The molecule has 0 aliphatic carbocycles. The Labute approximate surface area is 101 Å². The third-order valence-electron chi connectivity index (χ3n) is 3.38. The first-order chi connectivity index (χ1) is 8.28. The average Bonchev–Trinajstić information content (AvgIpc) is 2.38. The van der Waals surface area contributed by atoms with Crippen LogP contribution in [0, 0.1) is 5.82 Å². The van der Waals surface area contributed by atoms with Crippen LogP contribution >= 0.6 is 0 Å². The van der Waals surface area contributed by atoms with Gasteiger partial charge in [-0.1, -0.05) is 12.1 Å². The summed E-state index contributed by atoms with van der Waals surface area (Å²) < 4.78 is 12.7. The Balaban J connectivity index is 1.81. The fourth-order valence-electron chi connectivity index (χ4n) is 2.38. The monoisotopic (exact) mass is 235 g/mol. The van der Waals surface area contributed by atoms with Crippen molar-refractivity contribution >= 4 is 6.29 Å². The minimum atomic E-state index is -0.189. The van der Waals surface area contributed by atoms with Gasteiger partial charge >= 0.3 is 0 Å². The molecule has 1 heterocycles. The van der Waals surface area contributed by atoms with Gasteiger partial charge < -0.3 is 10.1 Å². The minimum absolute atomic E-state index is 0.0296. The number of halogens is 1. The van der Waals surface area contributed by atoms with Crippen LogP contribution in [0.5, 0.6) is 0 Å². The molecule has 1 fully saturated rings. The molecule has 0 aromatic heterocycles. The van der Waals surface area contributed by atoms with Crippen molar-refractivity contribution in [3.63, 3.8) is 0 Å². The molecule has 2 unspecified atom stereocenters. The summed E-state index contributed by atoms with van der Waals surface area (Å²) >= 11 is 0. The van der Waals surface area contributed by atoms with Crippen molar-refractivity contribution in [2.45, 2.75) is 44.2 Å². The lowest BCUT2D eigenvalue weighted by molar-refractivity contribution is -0.110. The molecule has 1 aliphatic heterocycles. The molecule has 17 heavy (non-hydrogen) atoms. The third kappa shape index (κ3) is 3.63. The minimum Gasteiger partial charge on any atom is -0.305 e. The molecule has 0 amide bonds. The summed E-state index contributed by atoms with van der Waals surface area (Å²) in [6, 6.07) is 7.10. The van der Waals surface area contributed by atoms with Gasteiger partial charge in [0.15, 0.2) is 0 Å². The van der Waals surface area contributed by atoms with E-state index in [4.69, 9.17) is 0 Å². The highest BCUT2D eigenvalue weighted by Crippen LogP contribution is 2.16. The highest BCUT2D eigenvalue weighted by Gasteiger charge is 2.19. The van der Waals surface area contributed by atoms with Crippen molar-refractivity contribution in [3.05, 3.63) is 35.6 Å². The number of hydrogen-bond acceptors (Lipinski definition) is 2. The Morgan fingerprint density at radius 1 is 1.29 bits per heavy atom. The predicted octanol–water partition coefficient (Wildman–Crippen LogP) is 2.47. The second-order valence-electron chi connectivity index (χ2n) is 4.70. The van der Waals surface area contributed by atoms with Crippen LogP contribution in [-0.2, 0) is 11.2 Å². The van der Waals surface area contributed by atoms with E-state index in [1.807, 2.05) is 12.1 Å². The Kier molecular flexibility index (Phi) is 4.26. The van der Waals surface area contributed by atoms with Gasteiger partial charge in [-0.25, -0.2) is 4.39 Å². The normalized spacial score (nSPS) is 24.5. The Morgan fingerprint density at radius 3 is 2.76 bits per heavy atom. The average molecular weight is 235 g/mol. The van der Waals surface area contributed by atoms with Crippen LogP contribution in [0.3, 0.4) is 0 Å². The van der Waals surface area contributed by atoms with Gasteiger partial charge in [0.2, 0.25) is 0 Å². The largest absolute Gasteiger partial charge is 0.305 e. The molecule has 1 aliphatic rings. The molecule has 2 rings (SSSR count). The molecule has 0 bridgehead atoms. The highest BCUT2D eigenvalue weighted by molar-refractivity contribution is 5.57. The van der Waals surface area contributed by atoms with Crippen LogP contribution in [0.1, 0.15) is 31.2 Å². The second kappa shape index (κ2) is 5.92. The van der Waals surface area contributed by atoms with Crippen molar-refractivity contribution in [1.82, 2.24) is 5.32 Å². The smallest absolute Gasteiger partial charge is 0.136 e. The zero-order valence-electron chi connectivity index (χ0n) is 9.86. The second-order valence-corrected chi connectivity index (χ2v) is 4.70. The van der Waals surface area contributed by atoms with Gasteiger partial charge in [0.25, 0.3) is 0 Å². The molecule has 0 radical (unpaired) electrons. The molecular weight excluding hydrogens is 217 g/mol. The van der Waals surface area contributed by atoms with E-state index in [0.717, 1.165) is 44.0 Å². The van der Waals surface area contributed by atoms with Gasteiger partial charge in [-0.2, -0.15) is 0 Å². The van der Waals surface area contributed by atoms with E-state index in [9.17, 15) is 9.18 Å². The number of carbonyl (C=O) groups is 1. The lowest BCUT2D eigenvalue weighted by Gasteiger charge is -2.27. The van der Waals surface area contributed by atoms with Crippen molar-refractivity contribution < 1.29 is 9.18 Å². The molecule has 1 aromatic carbocycles. The summed E-state index contributed by atoms with van der Waals surface area (Å²) in [5.41, 5.74) is 1.15. The van der Waals surface area contributed by atoms with E-state index >= 15 is 0 Å². The molecule has 3 heteroatoms. The van der Waals surface area contributed by atoms with Crippen molar-refractivity contribution in [2.24, 2.45) is 0 Å². The maximum Gasteiger partial charge on any atom is 0.136 e. The summed E-state index contributed by atoms with van der Waals surface area (Å²) in [5.74, 6) is -0.189. The van der Waals surface area contributed by atoms with E-state index in [-0.39, 0.29) is 11.9 Å². The summed E-state index contributed by atoms with van der Waals surface area (Å²) in [6.45, 7) is 0. The molecule has 1 N–H and O–H groups in total. The number of piperidine rings is 1. The Hall–Kier alpha value is -1.22. The number of hydrogen-bond donors (Lipinski definition) is 1. The quantitative estimate of drug-likeness (QED) is 0.812. The van der Waals surface area contributed by atoms with Gasteiger partial charge in [0.05, 0.1) is 6.04 Å². The van der Waals surface area contributed by atoms with Gasteiger partial charge in [-0.05, 0) is 49.8 Å². The highest BCUT2D eigenvalue weighted by atomic mass is 19.1. The van der Waals surface area contributed by atoms with Gasteiger partial charge in [-0.15, -0.1) is 0 Å². The first-order valence-electron chi connectivity index (χ1n) is 6.24. The number of aldehydes is 1. The zero-order chi connectivity index (χ0) is 12.1. The number of carbonyl (C=O) groups excluding carboxylic acids is 1. The maximum absolute atomic E-state index is 12.7. The molecule has 0 saturated carbocycles. The Morgan fingerprint density at radius 2 is 2.06 bits per heavy atom. The van der Waals surface area contributed by atoms with Gasteiger partial charge in [0, 0.05) is 6.04 Å². The van der Waals surface area contributed by atoms with Crippen molar-refractivity contribution in [1.29, 1.82) is 0 Å². The topological polar surface area (TPSA) is 29.1 Å². The summed E-state index contributed by atoms with van der Waals surface area (Å²) in [5, 5.41) is 3.34. The van der Waals surface area contributed by atoms with E-state index < -0.39 is 0 Å². The summed E-state index contributed by atoms with van der Waals surface area (Å²) in [7, 11) is 0. The number of benzene rings is 1. The van der Waals surface area contributed by atoms with Crippen molar-refractivity contribution in [3.8, 4) is 0 Å². The van der Waals surface area contributed by atoms with Crippen LogP contribution in [0.4, 0.5) is 4.39 Å². The van der Waals surface area contributed by atoms with Crippen molar-refractivity contribution in [2.75, 3.05) is 0 Å². The molecule has 2 atom stereocenters. The van der Waals surface area contributed by atoms with Crippen LogP contribution in [0.25, 0.3) is 0 Å². The lowest BCUT2D eigenvalue weighted by atomic mass is 9.94. The SMILES string of the molecule is O=CC1CCCC(CCc2ccc(F)cc2)N1. The summed E-state index contributed by atoms with van der Waals surface area (Å²) in [6.07, 6.45) is 6.15. The molecule has 0 spiro atoms. The standard InChI is InChI=1S/C14H18FNO/c15-12-7-4-11(5-8-12)6-9-13-2-1-3-14(10-17)16-13/h4-5,7-8,10,13-14,16H,1-3,6,9H2. The maximum atomic E-state index is 12.7. The van der Waals surface area contributed by atoms with Crippen LogP contribution < -0.4 is 5.32 Å². The fourth-order valence-corrected chi connectivity index (χ4v) is 2.38.